The molecule has 6 heteroatoms. The van der Waals surface area contributed by atoms with Crippen LogP contribution in [0.1, 0.15) is 44.0 Å². The van der Waals surface area contributed by atoms with Gasteiger partial charge in [-0.05, 0) is 44.0 Å². The maximum Gasteiger partial charge on any atom is 0.251 e. The number of likely N-dealkylation sites (tertiary alicyclic amines) is 1. The molecule has 1 heterocycles. The second-order valence-corrected chi connectivity index (χ2v) is 8.11. The molecule has 126 valence electrons. The van der Waals surface area contributed by atoms with Crippen LogP contribution >= 0.6 is 0 Å². The third-order valence-corrected chi connectivity index (χ3v) is 5.51. The number of nitrogens with one attached hydrogen (secondary N) is 1. The highest BCUT2D eigenvalue weighted by Crippen LogP contribution is 2.13. The molecule has 1 N–H and O–H groups in total. The second-order valence-electron chi connectivity index (χ2n) is 6.10. The van der Waals surface area contributed by atoms with Crippen LogP contribution in [0, 0.1) is 0 Å². The van der Waals surface area contributed by atoms with Crippen LogP contribution in [-0.4, -0.2) is 45.3 Å². The number of carbonyl (C=O) groups excluding carboxylic acids is 2. The van der Waals surface area contributed by atoms with E-state index in [1.807, 2.05) is 13.8 Å². The van der Waals surface area contributed by atoms with Crippen LogP contribution in [-0.2, 0) is 15.6 Å². The van der Waals surface area contributed by atoms with E-state index in [4.69, 9.17) is 0 Å². The van der Waals surface area contributed by atoms with Gasteiger partial charge in [0.15, 0.2) is 0 Å². The van der Waals surface area contributed by atoms with E-state index >= 15 is 0 Å². The van der Waals surface area contributed by atoms with Crippen LogP contribution in [0.2, 0.25) is 0 Å². The Labute approximate surface area is 139 Å². The van der Waals surface area contributed by atoms with Gasteiger partial charge in [-0.2, -0.15) is 0 Å². The molecule has 1 aliphatic rings. The molecule has 1 aromatic rings. The lowest BCUT2D eigenvalue weighted by molar-refractivity contribution is -0.131. The molecule has 0 aromatic heterocycles. The molecule has 23 heavy (non-hydrogen) atoms. The van der Waals surface area contributed by atoms with Gasteiger partial charge in [0, 0.05) is 28.8 Å². The first-order chi connectivity index (χ1) is 10.9. The molecule has 2 atom stereocenters. The summed E-state index contributed by atoms with van der Waals surface area (Å²) in [6.07, 6.45) is 2.06. The van der Waals surface area contributed by atoms with Gasteiger partial charge in [-0.15, -0.1) is 0 Å². The highest BCUT2D eigenvalue weighted by Gasteiger charge is 2.24. The van der Waals surface area contributed by atoms with Gasteiger partial charge in [-0.1, -0.05) is 13.8 Å². The summed E-state index contributed by atoms with van der Waals surface area (Å²) >= 11 is 0. The second kappa shape index (κ2) is 7.73. The molecule has 1 saturated heterocycles. The van der Waals surface area contributed by atoms with Crippen molar-refractivity contribution in [1.82, 2.24) is 10.2 Å². The van der Waals surface area contributed by atoms with Crippen LogP contribution in [0.15, 0.2) is 29.2 Å². The number of amides is 2. The summed E-state index contributed by atoms with van der Waals surface area (Å²) in [5.41, 5.74) is 0.468. The minimum absolute atomic E-state index is 0.0339. The summed E-state index contributed by atoms with van der Waals surface area (Å²) in [4.78, 5) is 26.9. The van der Waals surface area contributed by atoms with Crippen molar-refractivity contribution in [3.05, 3.63) is 29.8 Å². The minimum atomic E-state index is -1.07. The van der Waals surface area contributed by atoms with Gasteiger partial charge in [-0.25, -0.2) is 0 Å². The topological polar surface area (TPSA) is 66.5 Å². The summed E-state index contributed by atoms with van der Waals surface area (Å²) in [5, 5.41) is 2.77. The Morgan fingerprint density at radius 1 is 1.09 bits per heavy atom. The van der Waals surface area contributed by atoms with Crippen LogP contribution < -0.4 is 5.32 Å². The van der Waals surface area contributed by atoms with Crippen molar-refractivity contribution in [3.8, 4) is 0 Å². The first-order valence-corrected chi connectivity index (χ1v) is 9.21. The lowest BCUT2D eigenvalue weighted by Gasteiger charge is -2.21. The van der Waals surface area contributed by atoms with E-state index < -0.39 is 16.8 Å². The highest BCUT2D eigenvalue weighted by atomic mass is 32.2. The lowest BCUT2D eigenvalue weighted by atomic mass is 10.2. The van der Waals surface area contributed by atoms with E-state index in [0.717, 1.165) is 25.9 Å². The molecule has 1 fully saturated rings. The largest absolute Gasteiger partial charge is 0.341 e. The molecule has 5 nitrogen and oxygen atoms in total. The maximum absolute atomic E-state index is 12.2. The molecular formula is C17H24N2O3S. The predicted octanol–water partition coefficient (Wildman–Crippen LogP) is 1.94. The molecule has 0 bridgehead atoms. The molecular weight excluding hydrogens is 312 g/mol. The Kier molecular flexibility index (Phi) is 5.93. The lowest BCUT2D eigenvalue weighted by Crippen LogP contribution is -2.45. The summed E-state index contributed by atoms with van der Waals surface area (Å²) in [7, 11) is -1.07. The standard InChI is InChI=1S/C17H24N2O3S/c1-12(2)23(22)15-8-6-14(7-9-15)16(20)18-13(3)17(21)19-10-4-5-11-19/h6-9,12-13H,4-5,10-11H2,1-3H3,(H,18,20)/t13-,23?/m0/s1. The average molecular weight is 336 g/mol. The monoisotopic (exact) mass is 336 g/mol. The number of carbonyl (C=O) groups is 2. The van der Waals surface area contributed by atoms with E-state index in [2.05, 4.69) is 5.32 Å². The normalized spacial score (nSPS) is 17.1. The van der Waals surface area contributed by atoms with Crippen molar-refractivity contribution in [2.45, 2.75) is 49.8 Å². The van der Waals surface area contributed by atoms with Crippen molar-refractivity contribution in [1.29, 1.82) is 0 Å². The number of hydrogen-bond acceptors (Lipinski definition) is 3. The zero-order valence-electron chi connectivity index (χ0n) is 13.9. The molecule has 1 unspecified atom stereocenters. The summed E-state index contributed by atoms with van der Waals surface area (Å²) in [5.74, 6) is -0.319. The van der Waals surface area contributed by atoms with Crippen LogP contribution in [0.4, 0.5) is 0 Å². The van der Waals surface area contributed by atoms with E-state index in [-0.39, 0.29) is 17.1 Å². The zero-order chi connectivity index (χ0) is 17.0. The quantitative estimate of drug-likeness (QED) is 0.894. The van der Waals surface area contributed by atoms with Crippen LogP contribution in [0.3, 0.4) is 0 Å². The fourth-order valence-corrected chi connectivity index (χ4v) is 3.51. The van der Waals surface area contributed by atoms with E-state index in [9.17, 15) is 13.8 Å². The Morgan fingerprint density at radius 2 is 1.65 bits per heavy atom. The van der Waals surface area contributed by atoms with E-state index in [1.165, 1.54) is 0 Å². The van der Waals surface area contributed by atoms with Gasteiger partial charge >= 0.3 is 0 Å². The van der Waals surface area contributed by atoms with Gasteiger partial charge in [0.2, 0.25) is 5.91 Å². The molecule has 0 saturated carbocycles. The fourth-order valence-electron chi connectivity index (χ4n) is 2.57. The van der Waals surface area contributed by atoms with Gasteiger partial charge in [-0.3, -0.25) is 13.8 Å². The number of hydrogen-bond donors (Lipinski definition) is 1. The summed E-state index contributed by atoms with van der Waals surface area (Å²) in [6.45, 7) is 7.04. The first kappa shape index (κ1) is 17.7. The number of benzene rings is 1. The average Bonchev–Trinajstić information content (AvgIpc) is 3.07. The van der Waals surface area contributed by atoms with Crippen molar-refractivity contribution >= 4 is 22.6 Å². The molecule has 1 aliphatic heterocycles. The first-order valence-electron chi connectivity index (χ1n) is 8.00. The summed E-state index contributed by atoms with van der Waals surface area (Å²) in [6, 6.07) is 6.18. The van der Waals surface area contributed by atoms with Crippen LogP contribution in [0.25, 0.3) is 0 Å². The highest BCUT2D eigenvalue weighted by molar-refractivity contribution is 7.85. The smallest absolute Gasteiger partial charge is 0.251 e. The van der Waals surface area contributed by atoms with Gasteiger partial charge < -0.3 is 10.2 Å². The van der Waals surface area contributed by atoms with Gasteiger partial charge in [0.05, 0.1) is 10.8 Å². The molecule has 0 aliphatic carbocycles. The van der Waals surface area contributed by atoms with Gasteiger partial charge in [0.1, 0.15) is 6.04 Å². The van der Waals surface area contributed by atoms with E-state index in [0.29, 0.717) is 10.5 Å². The van der Waals surface area contributed by atoms with E-state index in [1.54, 1.807) is 36.1 Å². The Morgan fingerprint density at radius 3 is 2.17 bits per heavy atom. The zero-order valence-corrected chi connectivity index (χ0v) is 14.7. The van der Waals surface area contributed by atoms with Crippen molar-refractivity contribution in [2.75, 3.05) is 13.1 Å². The third-order valence-electron chi connectivity index (χ3n) is 3.91. The predicted molar refractivity (Wildman–Crippen MR) is 90.7 cm³/mol. The Hall–Kier alpha value is -1.69. The van der Waals surface area contributed by atoms with Gasteiger partial charge in [0.25, 0.3) is 5.91 Å². The molecule has 0 radical (unpaired) electrons. The summed E-state index contributed by atoms with van der Waals surface area (Å²) < 4.78 is 12.0. The van der Waals surface area contributed by atoms with Crippen molar-refractivity contribution in [2.24, 2.45) is 0 Å². The molecule has 2 amide bonds. The van der Waals surface area contributed by atoms with Crippen molar-refractivity contribution < 1.29 is 13.8 Å². The van der Waals surface area contributed by atoms with Crippen LogP contribution in [0.5, 0.6) is 0 Å². The fraction of sp³-hybridized carbons (Fsp3) is 0.529. The van der Waals surface area contributed by atoms with Crippen molar-refractivity contribution in [3.63, 3.8) is 0 Å². The Bertz CT molecular complexity index is 592. The SMILES string of the molecule is CC(C)S(=O)c1ccc(C(=O)N[C@@H](C)C(=O)N2CCCC2)cc1. The molecule has 2 rings (SSSR count). The maximum atomic E-state index is 12.2. The number of rotatable bonds is 5. The third kappa shape index (κ3) is 4.41. The Balaban J connectivity index is 1.97. The molecule has 1 aromatic carbocycles. The number of nitrogens with zero attached hydrogens (tertiary/aromatic N) is 1. The minimum Gasteiger partial charge on any atom is -0.341 e. The molecule has 0 spiro atoms.